The Hall–Kier alpha value is -2.34. The second-order valence-corrected chi connectivity index (χ2v) is 14.0. The van der Waals surface area contributed by atoms with E-state index < -0.39 is 25.8 Å². The number of carbonyl (C=O) groups is 1. The molecule has 2 atom stereocenters. The van der Waals surface area contributed by atoms with Crippen LogP contribution in [0.3, 0.4) is 0 Å². The Morgan fingerprint density at radius 1 is 0.971 bits per heavy atom. The number of benzene rings is 2. The zero-order valence-electron chi connectivity index (χ0n) is 19.4. The van der Waals surface area contributed by atoms with Crippen LogP contribution in [0.15, 0.2) is 57.2 Å². The molecule has 34 heavy (non-hydrogen) atoms. The molecule has 8 nitrogen and oxygen atoms in total. The standard InChI is InChI=1S/C23H27N3O5S3/c1-15-11-16(2)14-26(13-15)34(30,31)18-7-5-17(6-8-18)22(27)24-23-25(3)20-10-9-19(33(4,28)29)12-21(20)32-23/h5-10,12,15-16H,11,13-14H2,1-4H3. The van der Waals surface area contributed by atoms with Crippen molar-refractivity contribution in [1.82, 2.24) is 8.87 Å². The quantitative estimate of drug-likeness (QED) is 0.525. The highest BCUT2D eigenvalue weighted by molar-refractivity contribution is 7.90. The van der Waals surface area contributed by atoms with Gasteiger partial charge in [0.15, 0.2) is 14.6 Å². The molecule has 11 heteroatoms. The molecule has 0 N–H and O–H groups in total. The number of nitrogens with zero attached hydrogens (tertiary/aromatic N) is 3. The van der Waals surface area contributed by atoms with Crippen LogP contribution in [0.1, 0.15) is 30.6 Å². The summed E-state index contributed by atoms with van der Waals surface area (Å²) in [6, 6.07) is 10.6. The molecule has 1 saturated heterocycles. The lowest BCUT2D eigenvalue weighted by molar-refractivity contribution is 0.0998. The second-order valence-electron chi connectivity index (χ2n) is 9.05. The van der Waals surface area contributed by atoms with E-state index in [1.807, 2.05) is 0 Å². The normalized spacial score (nSPS) is 20.6. The number of hydrogen-bond donors (Lipinski definition) is 0. The van der Waals surface area contributed by atoms with Gasteiger partial charge in [-0.05, 0) is 60.7 Å². The average molecular weight is 522 g/mol. The molecule has 1 aliphatic rings. The molecule has 1 aromatic heterocycles. The lowest BCUT2D eigenvalue weighted by Crippen LogP contribution is -2.42. The van der Waals surface area contributed by atoms with Crippen LogP contribution in [-0.4, -0.2) is 51.0 Å². The van der Waals surface area contributed by atoms with Gasteiger partial charge in [0.1, 0.15) is 0 Å². The number of carbonyl (C=O) groups excluding carboxylic acids is 1. The van der Waals surface area contributed by atoms with Gasteiger partial charge in [-0.1, -0.05) is 25.2 Å². The van der Waals surface area contributed by atoms with Gasteiger partial charge in [0.2, 0.25) is 10.0 Å². The summed E-state index contributed by atoms with van der Waals surface area (Å²) in [4.78, 5) is 17.8. The van der Waals surface area contributed by atoms with Gasteiger partial charge in [0.05, 0.1) is 20.0 Å². The molecule has 1 amide bonds. The van der Waals surface area contributed by atoms with Crippen molar-refractivity contribution in [1.29, 1.82) is 0 Å². The highest BCUT2D eigenvalue weighted by Crippen LogP contribution is 2.27. The number of thiazole rings is 1. The van der Waals surface area contributed by atoms with Gasteiger partial charge in [-0.3, -0.25) is 4.79 Å². The topological polar surface area (TPSA) is 106 Å². The first-order valence-corrected chi connectivity index (χ1v) is 15.0. The molecule has 0 aliphatic carbocycles. The van der Waals surface area contributed by atoms with Crippen LogP contribution < -0.4 is 4.80 Å². The first-order valence-electron chi connectivity index (χ1n) is 10.8. The molecule has 182 valence electrons. The number of aryl methyl sites for hydroxylation is 1. The minimum Gasteiger partial charge on any atom is -0.319 e. The third-order valence-corrected chi connectivity index (χ3v) is 10.0. The summed E-state index contributed by atoms with van der Waals surface area (Å²) in [6.07, 6.45) is 2.15. The summed E-state index contributed by atoms with van der Waals surface area (Å²) < 4.78 is 53.7. The van der Waals surface area contributed by atoms with Crippen LogP contribution in [0, 0.1) is 11.8 Å². The van der Waals surface area contributed by atoms with Gasteiger partial charge in [0.25, 0.3) is 5.91 Å². The minimum atomic E-state index is -3.63. The first-order chi connectivity index (χ1) is 15.9. The number of fused-ring (bicyclic) bond motifs is 1. The minimum absolute atomic E-state index is 0.158. The van der Waals surface area contributed by atoms with Crippen molar-refractivity contribution >= 4 is 47.3 Å². The van der Waals surface area contributed by atoms with Crippen LogP contribution in [0.2, 0.25) is 0 Å². The number of amides is 1. The van der Waals surface area contributed by atoms with Gasteiger partial charge in [-0.2, -0.15) is 9.30 Å². The molecule has 0 spiro atoms. The van der Waals surface area contributed by atoms with Crippen molar-refractivity contribution in [2.45, 2.75) is 30.1 Å². The highest BCUT2D eigenvalue weighted by atomic mass is 32.2. The summed E-state index contributed by atoms with van der Waals surface area (Å²) in [5, 5.41) is 0. The van der Waals surface area contributed by atoms with Gasteiger partial charge >= 0.3 is 0 Å². The molecule has 1 fully saturated rings. The van der Waals surface area contributed by atoms with Gasteiger partial charge in [-0.25, -0.2) is 16.8 Å². The van der Waals surface area contributed by atoms with E-state index >= 15 is 0 Å². The summed E-state index contributed by atoms with van der Waals surface area (Å²) in [7, 11) is -5.23. The largest absolute Gasteiger partial charge is 0.319 e. The third kappa shape index (κ3) is 4.88. The van der Waals surface area contributed by atoms with Crippen LogP contribution >= 0.6 is 11.3 Å². The number of sulfonamides is 1. The predicted molar refractivity (Wildman–Crippen MR) is 132 cm³/mol. The Bertz CT molecular complexity index is 1520. The number of rotatable bonds is 4. The fourth-order valence-corrected chi connectivity index (χ4v) is 7.78. The molecule has 0 radical (unpaired) electrons. The molecule has 0 saturated carbocycles. The maximum atomic E-state index is 13.1. The molecular formula is C23H27N3O5S3. The van der Waals surface area contributed by atoms with Crippen molar-refractivity contribution in [3.8, 4) is 0 Å². The van der Waals surface area contributed by atoms with Crippen molar-refractivity contribution in [2.24, 2.45) is 23.9 Å². The molecular weight excluding hydrogens is 494 g/mol. The van der Waals surface area contributed by atoms with E-state index in [4.69, 9.17) is 0 Å². The SMILES string of the molecule is CC1CC(C)CN(S(=O)(=O)c2ccc(C(=O)N=c3sc4cc(S(C)(=O)=O)ccc4n3C)cc2)C1. The second kappa shape index (κ2) is 9.03. The smallest absolute Gasteiger partial charge is 0.279 e. The number of sulfone groups is 1. The van der Waals surface area contributed by atoms with E-state index in [0.717, 1.165) is 18.2 Å². The maximum absolute atomic E-state index is 13.1. The Balaban J connectivity index is 1.62. The van der Waals surface area contributed by atoms with E-state index in [0.29, 0.717) is 34.4 Å². The molecule has 3 aromatic rings. The monoisotopic (exact) mass is 521 g/mol. The third-order valence-electron chi connectivity index (χ3n) is 5.98. The molecule has 1 aliphatic heterocycles. The fourth-order valence-electron chi connectivity index (χ4n) is 4.32. The highest BCUT2D eigenvalue weighted by Gasteiger charge is 2.31. The molecule has 4 rings (SSSR count). The van der Waals surface area contributed by atoms with Gasteiger partial charge in [0, 0.05) is 32.0 Å². The van der Waals surface area contributed by atoms with Crippen molar-refractivity contribution in [3.63, 3.8) is 0 Å². The molecule has 0 bridgehead atoms. The number of hydrogen-bond acceptors (Lipinski definition) is 6. The average Bonchev–Trinajstić information content (AvgIpc) is 3.07. The van der Waals surface area contributed by atoms with Crippen molar-refractivity contribution in [2.75, 3.05) is 19.3 Å². The van der Waals surface area contributed by atoms with E-state index in [1.165, 1.54) is 46.0 Å². The first kappa shape index (κ1) is 24.8. The summed E-state index contributed by atoms with van der Waals surface area (Å²) in [5.74, 6) is 0.0946. The number of piperidine rings is 1. The number of aromatic nitrogens is 1. The lowest BCUT2D eigenvalue weighted by Gasteiger charge is -2.34. The van der Waals surface area contributed by atoms with Crippen molar-refractivity contribution < 1.29 is 21.6 Å². The zero-order valence-corrected chi connectivity index (χ0v) is 21.9. The van der Waals surface area contributed by atoms with Gasteiger partial charge in [-0.15, -0.1) is 0 Å². The van der Waals surface area contributed by atoms with Crippen molar-refractivity contribution in [3.05, 3.63) is 52.8 Å². The van der Waals surface area contributed by atoms with Crippen LogP contribution in [0.5, 0.6) is 0 Å². The molecule has 2 aromatic carbocycles. The maximum Gasteiger partial charge on any atom is 0.279 e. The van der Waals surface area contributed by atoms with Gasteiger partial charge < -0.3 is 4.57 Å². The Labute approximate surface area is 203 Å². The summed E-state index contributed by atoms with van der Waals surface area (Å²) in [6.45, 7) is 5.09. The Morgan fingerprint density at radius 3 is 2.15 bits per heavy atom. The van der Waals surface area contributed by atoms with E-state index in [2.05, 4.69) is 18.8 Å². The Kier molecular flexibility index (Phi) is 6.58. The van der Waals surface area contributed by atoms with Crippen LogP contribution in [0.25, 0.3) is 10.2 Å². The molecule has 2 unspecified atom stereocenters. The lowest BCUT2D eigenvalue weighted by atomic mass is 9.94. The predicted octanol–water partition coefficient (Wildman–Crippen LogP) is 3.05. The summed E-state index contributed by atoms with van der Waals surface area (Å²) >= 11 is 1.21. The zero-order chi connectivity index (χ0) is 24.8. The van der Waals surface area contributed by atoms with Crippen LogP contribution in [0.4, 0.5) is 0 Å². The van der Waals surface area contributed by atoms with E-state index in [-0.39, 0.29) is 15.4 Å². The Morgan fingerprint density at radius 2 is 1.56 bits per heavy atom. The summed E-state index contributed by atoms with van der Waals surface area (Å²) in [5.41, 5.74) is 1.03. The van der Waals surface area contributed by atoms with E-state index in [9.17, 15) is 21.6 Å². The fraction of sp³-hybridized carbons (Fsp3) is 0.391. The molecule has 2 heterocycles. The van der Waals surface area contributed by atoms with E-state index in [1.54, 1.807) is 23.7 Å². The van der Waals surface area contributed by atoms with Crippen LogP contribution in [-0.2, 0) is 26.9 Å².